The van der Waals surface area contributed by atoms with Crippen molar-refractivity contribution in [2.45, 2.75) is 17.5 Å². The van der Waals surface area contributed by atoms with Gasteiger partial charge in [-0.05, 0) is 42.3 Å². The summed E-state index contributed by atoms with van der Waals surface area (Å²) in [5.74, 6) is 0. The molecule has 0 atom stereocenters. The Hall–Kier alpha value is -2.65. The van der Waals surface area contributed by atoms with Gasteiger partial charge >= 0.3 is 6.18 Å². The first-order chi connectivity index (χ1) is 13.3. The summed E-state index contributed by atoms with van der Waals surface area (Å²) in [5.41, 5.74) is 1.71. The van der Waals surface area contributed by atoms with Gasteiger partial charge in [0.25, 0.3) is 0 Å². The predicted molar refractivity (Wildman–Crippen MR) is 98.9 cm³/mol. The van der Waals surface area contributed by atoms with Crippen LogP contribution in [0.3, 0.4) is 0 Å². The Morgan fingerprint density at radius 1 is 1.14 bits per heavy atom. The molecule has 0 bridgehead atoms. The van der Waals surface area contributed by atoms with E-state index in [2.05, 4.69) is 9.97 Å². The van der Waals surface area contributed by atoms with Crippen molar-refractivity contribution >= 4 is 26.6 Å². The van der Waals surface area contributed by atoms with Gasteiger partial charge in [-0.1, -0.05) is 12.1 Å². The fourth-order valence-corrected chi connectivity index (χ4v) is 4.74. The van der Waals surface area contributed by atoms with Crippen LogP contribution in [0.1, 0.15) is 17.5 Å². The molecule has 1 aromatic carbocycles. The highest BCUT2D eigenvalue weighted by Crippen LogP contribution is 2.33. The molecule has 4 rings (SSSR count). The lowest BCUT2D eigenvalue weighted by Crippen LogP contribution is -2.34. The molecule has 0 radical (unpaired) electrons. The van der Waals surface area contributed by atoms with Crippen LogP contribution < -0.4 is 0 Å². The molecule has 0 spiro atoms. The summed E-state index contributed by atoms with van der Waals surface area (Å²) in [6.45, 7) is 0.290. The molecule has 1 aliphatic rings. The molecule has 0 unspecified atom stereocenters. The highest BCUT2D eigenvalue weighted by Gasteiger charge is 2.33. The van der Waals surface area contributed by atoms with Gasteiger partial charge in [0.2, 0.25) is 10.0 Å². The summed E-state index contributed by atoms with van der Waals surface area (Å²) in [5, 5.41) is 0.947. The Morgan fingerprint density at radius 3 is 2.68 bits per heavy atom. The lowest BCUT2D eigenvalue weighted by molar-refractivity contribution is -0.137. The van der Waals surface area contributed by atoms with E-state index in [9.17, 15) is 21.6 Å². The maximum atomic E-state index is 12.9. The number of pyridine rings is 1. The van der Waals surface area contributed by atoms with E-state index < -0.39 is 21.8 Å². The Labute approximate surface area is 159 Å². The molecular weight excluding hydrogens is 391 g/mol. The van der Waals surface area contributed by atoms with Gasteiger partial charge in [0, 0.05) is 36.4 Å². The molecule has 0 aliphatic carbocycles. The summed E-state index contributed by atoms with van der Waals surface area (Å²) in [6, 6.07) is 7.60. The molecular formula is C19H16F3N3O2S. The number of nitrogens with one attached hydrogen (secondary N) is 1. The smallest absolute Gasteiger partial charge is 0.346 e. The van der Waals surface area contributed by atoms with Gasteiger partial charge in [0.1, 0.15) is 5.65 Å². The van der Waals surface area contributed by atoms with Gasteiger partial charge < -0.3 is 4.98 Å². The van der Waals surface area contributed by atoms with Gasteiger partial charge in [-0.15, -0.1) is 0 Å². The van der Waals surface area contributed by atoms with E-state index in [0.717, 1.165) is 34.3 Å². The van der Waals surface area contributed by atoms with Crippen molar-refractivity contribution in [2.24, 2.45) is 0 Å². The Bertz CT molecular complexity index is 1170. The van der Waals surface area contributed by atoms with E-state index in [1.54, 1.807) is 12.3 Å². The molecule has 3 aromatic rings. The second-order valence-corrected chi connectivity index (χ2v) is 8.41. The van der Waals surface area contributed by atoms with Crippen molar-refractivity contribution in [1.29, 1.82) is 0 Å². The van der Waals surface area contributed by atoms with Crippen molar-refractivity contribution in [2.75, 3.05) is 13.1 Å². The minimum absolute atomic E-state index is 0.0981. The van der Waals surface area contributed by atoms with Crippen LogP contribution in [0.4, 0.5) is 13.2 Å². The van der Waals surface area contributed by atoms with Crippen LogP contribution in [-0.2, 0) is 16.2 Å². The van der Waals surface area contributed by atoms with Crippen molar-refractivity contribution < 1.29 is 21.6 Å². The highest BCUT2D eigenvalue weighted by molar-refractivity contribution is 7.89. The number of rotatable bonds is 3. The summed E-state index contributed by atoms with van der Waals surface area (Å²) in [6.07, 6.45) is 1.18. The van der Waals surface area contributed by atoms with E-state index >= 15 is 0 Å². The van der Waals surface area contributed by atoms with Crippen LogP contribution in [0.15, 0.2) is 59.8 Å². The first-order valence-corrected chi connectivity index (χ1v) is 10.00. The molecule has 0 amide bonds. The topological polar surface area (TPSA) is 66.1 Å². The zero-order chi connectivity index (χ0) is 19.9. The molecule has 0 saturated carbocycles. The van der Waals surface area contributed by atoms with Gasteiger partial charge in [0.15, 0.2) is 0 Å². The molecule has 1 N–H and O–H groups in total. The minimum atomic E-state index is -4.59. The maximum absolute atomic E-state index is 12.9. The van der Waals surface area contributed by atoms with Crippen LogP contribution >= 0.6 is 0 Å². The average molecular weight is 407 g/mol. The number of halogens is 3. The number of hydrogen-bond donors (Lipinski definition) is 1. The number of aromatic amines is 1. The van der Waals surface area contributed by atoms with Crippen LogP contribution in [0.2, 0.25) is 0 Å². The Morgan fingerprint density at radius 2 is 1.96 bits per heavy atom. The summed E-state index contributed by atoms with van der Waals surface area (Å²) in [4.78, 5) is 6.97. The van der Waals surface area contributed by atoms with Crippen LogP contribution in [-0.4, -0.2) is 35.8 Å². The predicted octanol–water partition coefficient (Wildman–Crippen LogP) is 4.06. The first kappa shape index (κ1) is 18.7. The van der Waals surface area contributed by atoms with Crippen LogP contribution in [0, 0.1) is 0 Å². The summed E-state index contributed by atoms with van der Waals surface area (Å²) < 4.78 is 65.5. The van der Waals surface area contributed by atoms with Crippen molar-refractivity contribution in [1.82, 2.24) is 14.3 Å². The fraction of sp³-hybridized carbons (Fsp3) is 0.211. The lowest BCUT2D eigenvalue weighted by atomic mass is 10.0. The van der Waals surface area contributed by atoms with Crippen molar-refractivity contribution in [3.63, 3.8) is 0 Å². The SMILES string of the molecule is O=S(=O)(c1cccc(C(F)(F)F)c1)N1CC=C(c2c[nH]c3ncccc23)CC1. The van der Waals surface area contributed by atoms with E-state index in [1.165, 1.54) is 10.4 Å². The fourth-order valence-electron chi connectivity index (χ4n) is 3.32. The number of nitrogens with zero attached hydrogens (tertiary/aromatic N) is 2. The first-order valence-electron chi connectivity index (χ1n) is 8.56. The second-order valence-electron chi connectivity index (χ2n) is 6.47. The van der Waals surface area contributed by atoms with Gasteiger partial charge in [-0.25, -0.2) is 13.4 Å². The molecule has 9 heteroatoms. The Kier molecular flexibility index (Phi) is 4.51. The molecule has 146 valence electrons. The van der Waals surface area contributed by atoms with Gasteiger partial charge in [-0.2, -0.15) is 17.5 Å². The minimum Gasteiger partial charge on any atom is -0.346 e. The zero-order valence-electron chi connectivity index (χ0n) is 14.6. The molecule has 5 nitrogen and oxygen atoms in total. The second kappa shape index (κ2) is 6.75. The van der Waals surface area contributed by atoms with Gasteiger partial charge in [-0.3, -0.25) is 0 Å². The van der Waals surface area contributed by atoms with E-state index in [1.807, 2.05) is 18.3 Å². The molecule has 3 heterocycles. The largest absolute Gasteiger partial charge is 0.416 e. The van der Waals surface area contributed by atoms with Crippen molar-refractivity contribution in [3.05, 3.63) is 66.0 Å². The monoisotopic (exact) mass is 407 g/mol. The molecule has 0 fully saturated rings. The van der Waals surface area contributed by atoms with E-state index in [-0.39, 0.29) is 18.0 Å². The summed E-state index contributed by atoms with van der Waals surface area (Å²) in [7, 11) is -4.01. The highest BCUT2D eigenvalue weighted by atomic mass is 32.2. The molecule has 1 aliphatic heterocycles. The quantitative estimate of drug-likeness (QED) is 0.712. The van der Waals surface area contributed by atoms with E-state index in [0.29, 0.717) is 12.5 Å². The number of H-pyrrole nitrogens is 1. The third-order valence-electron chi connectivity index (χ3n) is 4.77. The molecule has 2 aromatic heterocycles. The number of alkyl halides is 3. The lowest BCUT2D eigenvalue weighted by Gasteiger charge is -2.26. The van der Waals surface area contributed by atoms with E-state index in [4.69, 9.17) is 0 Å². The zero-order valence-corrected chi connectivity index (χ0v) is 15.4. The number of benzene rings is 1. The number of sulfonamides is 1. The molecule has 28 heavy (non-hydrogen) atoms. The van der Waals surface area contributed by atoms with Crippen LogP contribution in [0.25, 0.3) is 16.6 Å². The number of aromatic nitrogens is 2. The standard InChI is InChI=1S/C19H16F3N3O2S/c20-19(21,22)14-3-1-4-15(11-14)28(26,27)25-9-6-13(7-10-25)17-12-24-18-16(17)5-2-8-23-18/h1-6,8,11-12H,7,9-10H2,(H,23,24). The maximum Gasteiger partial charge on any atom is 0.416 e. The summed E-state index contributed by atoms with van der Waals surface area (Å²) >= 11 is 0. The number of fused-ring (bicyclic) bond motifs is 1. The number of hydrogen-bond acceptors (Lipinski definition) is 3. The third-order valence-corrected chi connectivity index (χ3v) is 6.63. The Balaban J connectivity index is 1.61. The molecule has 0 saturated heterocycles. The van der Waals surface area contributed by atoms with Crippen molar-refractivity contribution in [3.8, 4) is 0 Å². The van der Waals surface area contributed by atoms with Gasteiger partial charge in [0.05, 0.1) is 10.5 Å². The third kappa shape index (κ3) is 3.31. The normalized spacial score (nSPS) is 16.3. The average Bonchev–Trinajstić information content (AvgIpc) is 3.12. The van der Waals surface area contributed by atoms with Crippen LogP contribution in [0.5, 0.6) is 0 Å².